The molecule has 0 bridgehead atoms. The third-order valence-corrected chi connectivity index (χ3v) is 6.00. The number of ether oxygens (including phenoxy) is 2. The highest BCUT2D eigenvalue weighted by molar-refractivity contribution is 7.89. The van der Waals surface area contributed by atoms with Crippen molar-refractivity contribution >= 4 is 10.0 Å². The lowest BCUT2D eigenvalue weighted by Gasteiger charge is -2.18. The van der Waals surface area contributed by atoms with Crippen molar-refractivity contribution in [3.05, 3.63) is 24.0 Å². The summed E-state index contributed by atoms with van der Waals surface area (Å²) < 4.78 is 51.0. The first-order valence-electron chi connectivity index (χ1n) is 7.46. The van der Waals surface area contributed by atoms with Crippen molar-refractivity contribution in [2.45, 2.75) is 30.3 Å². The molecule has 1 saturated heterocycles. The second kappa shape index (κ2) is 6.14. The molecule has 1 aliphatic carbocycles. The summed E-state index contributed by atoms with van der Waals surface area (Å²) in [6, 6.07) is 3.52. The molecule has 5 nitrogen and oxygen atoms in total. The Morgan fingerprint density at radius 1 is 1.32 bits per heavy atom. The predicted octanol–water partition coefficient (Wildman–Crippen LogP) is 2.02. The molecule has 1 unspecified atom stereocenters. The molecule has 1 saturated carbocycles. The van der Waals surface area contributed by atoms with Gasteiger partial charge in [-0.25, -0.2) is 12.8 Å². The quantitative estimate of drug-likeness (QED) is 0.801. The fraction of sp³-hybridized carbons (Fsp3) is 0.600. The molecule has 0 aromatic heterocycles. The maximum atomic E-state index is 13.4. The van der Waals surface area contributed by atoms with Crippen LogP contribution in [0.15, 0.2) is 23.1 Å². The van der Waals surface area contributed by atoms with E-state index in [9.17, 15) is 12.8 Å². The Morgan fingerprint density at radius 3 is 2.77 bits per heavy atom. The Kier molecular flexibility index (Phi) is 4.38. The third kappa shape index (κ3) is 3.26. The second-order valence-electron chi connectivity index (χ2n) is 5.85. The summed E-state index contributed by atoms with van der Waals surface area (Å²) in [5.41, 5.74) is 0. The van der Waals surface area contributed by atoms with Crippen LogP contribution >= 0.6 is 0 Å². The molecular weight excluding hydrogens is 309 g/mol. The molecule has 2 fully saturated rings. The van der Waals surface area contributed by atoms with Crippen molar-refractivity contribution < 1.29 is 22.3 Å². The summed E-state index contributed by atoms with van der Waals surface area (Å²) in [6.07, 6.45) is 3.00. The first-order valence-corrected chi connectivity index (χ1v) is 8.90. The van der Waals surface area contributed by atoms with Gasteiger partial charge in [0, 0.05) is 19.7 Å². The van der Waals surface area contributed by atoms with Crippen LogP contribution < -0.4 is 4.74 Å². The van der Waals surface area contributed by atoms with Gasteiger partial charge in [-0.3, -0.25) is 0 Å². The van der Waals surface area contributed by atoms with Crippen LogP contribution in [0.5, 0.6) is 5.75 Å². The number of rotatable bonds is 6. The number of sulfonamides is 1. The average molecular weight is 329 g/mol. The zero-order valence-electron chi connectivity index (χ0n) is 12.5. The van der Waals surface area contributed by atoms with E-state index in [1.54, 1.807) is 0 Å². The van der Waals surface area contributed by atoms with Gasteiger partial charge in [0.05, 0.1) is 13.2 Å². The number of halogens is 1. The summed E-state index contributed by atoms with van der Waals surface area (Å²) in [5, 5.41) is 0. The molecule has 2 aliphatic rings. The largest absolute Gasteiger partial charge is 0.495 e. The summed E-state index contributed by atoms with van der Waals surface area (Å²) in [6.45, 7) is 1.41. The lowest BCUT2D eigenvalue weighted by molar-refractivity contribution is 0.0561. The van der Waals surface area contributed by atoms with E-state index in [-0.39, 0.29) is 16.7 Å². The van der Waals surface area contributed by atoms with Crippen molar-refractivity contribution in [3.63, 3.8) is 0 Å². The van der Waals surface area contributed by atoms with E-state index in [0.29, 0.717) is 32.0 Å². The van der Waals surface area contributed by atoms with E-state index >= 15 is 0 Å². The van der Waals surface area contributed by atoms with Crippen LogP contribution in [-0.2, 0) is 14.8 Å². The van der Waals surface area contributed by atoms with Gasteiger partial charge in [0.2, 0.25) is 10.0 Å². The molecule has 0 radical (unpaired) electrons. The SMILES string of the molecule is COc1ccc(F)cc1S(=O)(=O)N1CCC(OCC2CC2)C1. The van der Waals surface area contributed by atoms with Crippen LogP contribution in [0.4, 0.5) is 4.39 Å². The standard InChI is InChI=1S/C15H20FNO4S/c1-20-14-5-4-12(16)8-15(14)22(18,19)17-7-6-13(9-17)21-10-11-2-3-11/h4-5,8,11,13H,2-3,6-7,9-10H2,1H3. The first-order chi connectivity index (χ1) is 10.5. The molecule has 0 amide bonds. The third-order valence-electron chi connectivity index (χ3n) is 4.12. The highest BCUT2D eigenvalue weighted by Gasteiger charge is 2.35. The Labute approximate surface area is 130 Å². The van der Waals surface area contributed by atoms with Gasteiger partial charge in [0.15, 0.2) is 0 Å². The normalized spacial score (nSPS) is 22.9. The Balaban J connectivity index is 1.74. The highest BCUT2D eigenvalue weighted by Crippen LogP contribution is 2.32. The Bertz CT molecular complexity index is 645. The molecule has 7 heteroatoms. The van der Waals surface area contributed by atoms with Gasteiger partial charge in [0.25, 0.3) is 0 Å². The summed E-state index contributed by atoms with van der Waals surface area (Å²) in [4.78, 5) is -0.127. The van der Waals surface area contributed by atoms with Crippen molar-refractivity contribution in [3.8, 4) is 5.75 Å². The molecule has 0 N–H and O–H groups in total. The number of nitrogens with zero attached hydrogens (tertiary/aromatic N) is 1. The van der Waals surface area contributed by atoms with Crippen LogP contribution in [0, 0.1) is 11.7 Å². The minimum Gasteiger partial charge on any atom is -0.495 e. The summed E-state index contributed by atoms with van der Waals surface area (Å²) in [5.74, 6) is 0.206. The van der Waals surface area contributed by atoms with Crippen LogP contribution in [0.2, 0.25) is 0 Å². The molecule has 3 rings (SSSR count). The highest BCUT2D eigenvalue weighted by atomic mass is 32.2. The van der Waals surface area contributed by atoms with E-state index < -0.39 is 15.8 Å². The average Bonchev–Trinajstić information content (AvgIpc) is 3.20. The predicted molar refractivity (Wildman–Crippen MR) is 78.8 cm³/mol. The number of hydrogen-bond acceptors (Lipinski definition) is 4. The van der Waals surface area contributed by atoms with E-state index in [0.717, 1.165) is 6.07 Å². The van der Waals surface area contributed by atoms with Gasteiger partial charge in [-0.05, 0) is 43.4 Å². The first kappa shape index (κ1) is 15.7. The lowest BCUT2D eigenvalue weighted by atomic mass is 10.3. The van der Waals surface area contributed by atoms with Gasteiger partial charge in [0.1, 0.15) is 16.5 Å². The number of benzene rings is 1. The minimum atomic E-state index is -3.77. The van der Waals surface area contributed by atoms with Crippen molar-refractivity contribution in [1.29, 1.82) is 0 Å². The van der Waals surface area contributed by atoms with Gasteiger partial charge >= 0.3 is 0 Å². The monoisotopic (exact) mass is 329 g/mol. The fourth-order valence-corrected chi connectivity index (χ4v) is 4.25. The maximum absolute atomic E-state index is 13.4. The molecule has 22 heavy (non-hydrogen) atoms. The van der Waals surface area contributed by atoms with Crippen molar-refractivity contribution in [2.24, 2.45) is 5.92 Å². The smallest absolute Gasteiger partial charge is 0.246 e. The zero-order chi connectivity index (χ0) is 15.7. The Morgan fingerprint density at radius 2 is 2.09 bits per heavy atom. The maximum Gasteiger partial charge on any atom is 0.246 e. The van der Waals surface area contributed by atoms with Gasteiger partial charge in [-0.1, -0.05) is 0 Å². The summed E-state index contributed by atoms with van der Waals surface area (Å²) in [7, 11) is -2.40. The van der Waals surface area contributed by atoms with Crippen LogP contribution in [0.3, 0.4) is 0 Å². The van der Waals surface area contributed by atoms with Gasteiger partial charge < -0.3 is 9.47 Å². The second-order valence-corrected chi connectivity index (χ2v) is 7.75. The number of methoxy groups -OCH3 is 1. The van der Waals surface area contributed by atoms with Crippen LogP contribution in [-0.4, -0.2) is 45.6 Å². The van der Waals surface area contributed by atoms with Crippen molar-refractivity contribution in [1.82, 2.24) is 4.31 Å². The lowest BCUT2D eigenvalue weighted by Crippen LogP contribution is -2.30. The molecule has 0 spiro atoms. The van der Waals surface area contributed by atoms with Gasteiger partial charge in [-0.2, -0.15) is 4.31 Å². The van der Waals surface area contributed by atoms with Crippen LogP contribution in [0.25, 0.3) is 0 Å². The molecule has 122 valence electrons. The summed E-state index contributed by atoms with van der Waals surface area (Å²) >= 11 is 0. The number of hydrogen-bond donors (Lipinski definition) is 0. The minimum absolute atomic E-state index is 0.0741. The zero-order valence-corrected chi connectivity index (χ0v) is 13.3. The Hall–Kier alpha value is -1.18. The molecule has 1 heterocycles. The molecule has 1 aromatic rings. The fourth-order valence-electron chi connectivity index (χ4n) is 2.60. The molecule has 1 aliphatic heterocycles. The van der Waals surface area contributed by atoms with E-state index in [1.165, 1.54) is 36.4 Å². The molecule has 1 aromatic carbocycles. The van der Waals surface area contributed by atoms with E-state index in [1.807, 2.05) is 0 Å². The van der Waals surface area contributed by atoms with Gasteiger partial charge in [-0.15, -0.1) is 0 Å². The molecule has 1 atom stereocenters. The van der Waals surface area contributed by atoms with E-state index in [4.69, 9.17) is 9.47 Å². The topological polar surface area (TPSA) is 55.8 Å². The van der Waals surface area contributed by atoms with E-state index in [2.05, 4.69) is 0 Å². The van der Waals surface area contributed by atoms with Crippen molar-refractivity contribution in [2.75, 3.05) is 26.8 Å². The molecular formula is C15H20FNO4S. The van der Waals surface area contributed by atoms with Crippen LogP contribution in [0.1, 0.15) is 19.3 Å².